The molecule has 4 aliphatic heterocycles. The number of para-hydroxylation sites is 1. The van der Waals surface area contributed by atoms with Crippen LogP contribution >= 0.6 is 15.9 Å². The molecule has 268 valence electrons. The number of nitrogens with one attached hydrogen (secondary N) is 1. The van der Waals surface area contributed by atoms with Crippen molar-refractivity contribution >= 4 is 50.7 Å². The minimum absolute atomic E-state index is 0.0402. The van der Waals surface area contributed by atoms with Crippen molar-refractivity contribution in [1.82, 2.24) is 30.1 Å². The molecular formula is C37H41BrN6O7. The van der Waals surface area contributed by atoms with Crippen LogP contribution in [0.5, 0.6) is 0 Å². The van der Waals surface area contributed by atoms with Crippen molar-refractivity contribution in [3.63, 3.8) is 0 Å². The number of carbonyl (C=O) groups is 4. The average Bonchev–Trinajstić information content (AvgIpc) is 3.86. The molecule has 7 rings (SSSR count). The Balaban J connectivity index is 1.28. The number of amides is 3. The monoisotopic (exact) mass is 760 g/mol. The number of hydrogen-bond acceptors (Lipinski definition) is 9. The van der Waals surface area contributed by atoms with E-state index in [0.717, 1.165) is 23.9 Å². The summed E-state index contributed by atoms with van der Waals surface area (Å²) in [7, 11) is 0. The number of cyclic esters (lactones) is 1. The molecule has 14 heteroatoms. The van der Waals surface area contributed by atoms with Crippen LogP contribution in [0, 0.1) is 11.8 Å². The second-order valence-corrected chi connectivity index (χ2v) is 14.4. The molecule has 5 heterocycles. The van der Waals surface area contributed by atoms with Gasteiger partial charge in [0.2, 0.25) is 11.8 Å². The first kappa shape index (κ1) is 35.0. The van der Waals surface area contributed by atoms with Gasteiger partial charge in [0.15, 0.2) is 0 Å². The number of benzene rings is 2. The summed E-state index contributed by atoms with van der Waals surface area (Å²) in [4.78, 5) is 60.1. The van der Waals surface area contributed by atoms with Gasteiger partial charge >= 0.3 is 5.97 Å². The second-order valence-electron chi connectivity index (χ2n) is 13.4. The van der Waals surface area contributed by atoms with Gasteiger partial charge in [-0.2, -0.15) is 0 Å². The van der Waals surface area contributed by atoms with E-state index in [0.29, 0.717) is 29.3 Å². The third kappa shape index (κ3) is 6.72. The van der Waals surface area contributed by atoms with Crippen LogP contribution in [0.15, 0.2) is 77.3 Å². The molecule has 0 radical (unpaired) electrons. The van der Waals surface area contributed by atoms with Crippen LogP contribution in [0.2, 0.25) is 0 Å². The molecule has 0 saturated carbocycles. The third-order valence-electron chi connectivity index (χ3n) is 10.2. The number of halogens is 1. The molecule has 3 aromatic rings. The van der Waals surface area contributed by atoms with Crippen molar-refractivity contribution in [1.29, 1.82) is 0 Å². The molecule has 3 amide bonds. The fraction of sp³-hybridized carbons (Fsp3) is 0.459. The van der Waals surface area contributed by atoms with E-state index in [1.54, 1.807) is 14.5 Å². The molecule has 2 saturated heterocycles. The average molecular weight is 762 g/mol. The predicted molar refractivity (Wildman–Crippen MR) is 189 cm³/mol. The lowest BCUT2D eigenvalue weighted by atomic mass is 9.74. The number of hydrogen-bond donors (Lipinski definition) is 2. The number of allylic oxidation sites excluding steroid dienone is 1. The van der Waals surface area contributed by atoms with Crippen LogP contribution in [-0.2, 0) is 35.3 Å². The summed E-state index contributed by atoms with van der Waals surface area (Å²) in [5.41, 5.74) is 0.761. The van der Waals surface area contributed by atoms with Gasteiger partial charge in [-0.3, -0.25) is 19.2 Å². The van der Waals surface area contributed by atoms with Gasteiger partial charge < -0.3 is 29.7 Å². The lowest BCUT2D eigenvalue weighted by molar-refractivity contribution is -0.149. The first-order valence-electron chi connectivity index (χ1n) is 17.5. The van der Waals surface area contributed by atoms with Crippen molar-refractivity contribution in [3.8, 4) is 0 Å². The van der Waals surface area contributed by atoms with Crippen LogP contribution in [0.3, 0.4) is 0 Å². The summed E-state index contributed by atoms with van der Waals surface area (Å²) in [6.45, 7) is 0.482. The number of aliphatic hydroxyl groups excluding tert-OH is 1. The highest BCUT2D eigenvalue weighted by Gasteiger charge is 2.74. The number of unbranched alkanes of at least 4 members (excludes halogenated alkanes) is 3. The fourth-order valence-corrected chi connectivity index (χ4v) is 8.54. The standard InChI is InChI=1S/C37H41BrN6O7/c38-25-21-37-31-30(32(25)51-37)34(47)39-27(24-13-5-3-6-14-24)22-50-29(46)17-7-4-10-18-42(23-44-28-16-9-8-15-26(28)40-41-44)36(49)33(37)43(35(31)48)19-11-1-2-12-20-45/h3-6,8-10,13-16,21,27,30-33,45H,1-2,7,11-12,17-20,22-23H2,(H,39,47)/b10-4-/t27-,30-,31+,32-,33-,37+/m1/s1. The maximum Gasteiger partial charge on any atom is 0.306 e. The van der Waals surface area contributed by atoms with Crippen LogP contribution in [0.25, 0.3) is 11.0 Å². The summed E-state index contributed by atoms with van der Waals surface area (Å²) in [5.74, 6) is -3.43. The largest absolute Gasteiger partial charge is 0.463 e. The van der Waals surface area contributed by atoms with Gasteiger partial charge in [0.25, 0.3) is 5.91 Å². The number of rotatable bonds is 9. The number of nitrogens with zero attached hydrogens (tertiary/aromatic N) is 5. The molecule has 4 aliphatic rings. The lowest BCUT2D eigenvalue weighted by Gasteiger charge is -2.35. The van der Waals surface area contributed by atoms with Crippen LogP contribution in [-0.4, -0.2) is 97.6 Å². The molecule has 0 aliphatic carbocycles. The topological polar surface area (TPSA) is 156 Å². The first-order valence-corrected chi connectivity index (χ1v) is 18.3. The lowest BCUT2D eigenvalue weighted by Crippen LogP contribution is -2.56. The Kier molecular flexibility index (Phi) is 10.3. The van der Waals surface area contributed by atoms with Crippen molar-refractivity contribution in [2.75, 3.05) is 26.3 Å². The SMILES string of the molecule is O=C1CC/C=C\CN(Cn2nnc3ccccc32)C(=O)[C@H]2N(CCCCCCO)C(=O)[C@@H]3[C@@H](C(=O)N[C@@H](c4ccccc4)CO1)[C@@H]1O[C@@]32C=C1Br. The molecule has 1 spiro atoms. The first-order chi connectivity index (χ1) is 24.8. The summed E-state index contributed by atoms with van der Waals surface area (Å²) in [5, 5.41) is 21.0. The fourth-order valence-electron chi connectivity index (χ4n) is 7.80. The van der Waals surface area contributed by atoms with Crippen molar-refractivity contribution < 1.29 is 33.8 Å². The Morgan fingerprint density at radius 1 is 0.961 bits per heavy atom. The molecule has 6 atom stereocenters. The summed E-state index contributed by atoms with van der Waals surface area (Å²) in [6.07, 6.45) is 7.98. The van der Waals surface area contributed by atoms with E-state index in [2.05, 4.69) is 31.6 Å². The molecular weight excluding hydrogens is 720 g/mol. The van der Waals surface area contributed by atoms with Crippen LogP contribution in [0.4, 0.5) is 0 Å². The van der Waals surface area contributed by atoms with Gasteiger partial charge in [0, 0.05) is 30.6 Å². The predicted octanol–water partition coefficient (Wildman–Crippen LogP) is 3.39. The second kappa shape index (κ2) is 15.1. The van der Waals surface area contributed by atoms with E-state index < -0.39 is 47.5 Å². The van der Waals surface area contributed by atoms with E-state index in [9.17, 15) is 19.5 Å². The molecule has 5 bridgehead atoms. The minimum Gasteiger partial charge on any atom is -0.463 e. The number of fused-ring (bicyclic) bond motifs is 3. The molecule has 1 aromatic heterocycles. The Morgan fingerprint density at radius 3 is 2.57 bits per heavy atom. The number of aromatic nitrogens is 3. The van der Waals surface area contributed by atoms with Crippen molar-refractivity contribution in [2.24, 2.45) is 11.8 Å². The number of likely N-dealkylation sites (tertiary alicyclic amines) is 1. The zero-order valence-corrected chi connectivity index (χ0v) is 29.7. The van der Waals surface area contributed by atoms with Gasteiger partial charge in [-0.05, 0) is 43.0 Å². The van der Waals surface area contributed by atoms with E-state index in [4.69, 9.17) is 9.47 Å². The van der Waals surface area contributed by atoms with Gasteiger partial charge in [-0.15, -0.1) is 5.10 Å². The molecule has 2 aromatic carbocycles. The zero-order valence-electron chi connectivity index (χ0n) is 28.1. The molecule has 51 heavy (non-hydrogen) atoms. The van der Waals surface area contributed by atoms with E-state index in [1.807, 2.05) is 72.8 Å². The normalized spacial score (nSPS) is 28.9. The van der Waals surface area contributed by atoms with E-state index in [-0.39, 0.29) is 51.2 Å². The van der Waals surface area contributed by atoms with Gasteiger partial charge in [-0.25, -0.2) is 4.68 Å². The number of ether oxygens (including phenoxy) is 2. The number of aliphatic hydroxyl groups is 1. The Bertz CT molecular complexity index is 1850. The molecule has 0 unspecified atom stereocenters. The summed E-state index contributed by atoms with van der Waals surface area (Å²) >= 11 is 3.63. The van der Waals surface area contributed by atoms with Crippen LogP contribution < -0.4 is 5.32 Å². The third-order valence-corrected chi connectivity index (χ3v) is 10.9. The minimum atomic E-state index is -1.40. The quantitative estimate of drug-likeness (QED) is 0.190. The zero-order chi connectivity index (χ0) is 35.5. The molecule has 2 N–H and O–H groups in total. The Morgan fingerprint density at radius 2 is 1.75 bits per heavy atom. The van der Waals surface area contributed by atoms with Gasteiger partial charge in [0.05, 0.1) is 23.4 Å². The van der Waals surface area contributed by atoms with Crippen LogP contribution in [0.1, 0.15) is 50.1 Å². The van der Waals surface area contributed by atoms with E-state index in [1.165, 1.54) is 0 Å². The van der Waals surface area contributed by atoms with Gasteiger partial charge in [-0.1, -0.05) is 88.6 Å². The highest BCUT2D eigenvalue weighted by atomic mass is 79.9. The Hall–Kier alpha value is -4.40. The highest BCUT2D eigenvalue weighted by molar-refractivity contribution is 9.11. The van der Waals surface area contributed by atoms with Crippen molar-refractivity contribution in [2.45, 2.75) is 69.0 Å². The summed E-state index contributed by atoms with van der Waals surface area (Å²) < 4.78 is 14.6. The van der Waals surface area contributed by atoms with Gasteiger partial charge in [0.1, 0.15) is 36.5 Å². The number of esters is 1. The molecule has 2 fully saturated rings. The summed E-state index contributed by atoms with van der Waals surface area (Å²) in [6, 6.07) is 15.0. The smallest absolute Gasteiger partial charge is 0.306 e. The maximum absolute atomic E-state index is 15.1. The highest BCUT2D eigenvalue weighted by Crippen LogP contribution is 2.58. The molecule has 13 nitrogen and oxygen atoms in total. The maximum atomic E-state index is 15.1. The number of carbonyl (C=O) groups excluding carboxylic acids is 4. The van der Waals surface area contributed by atoms with E-state index >= 15 is 4.79 Å². The van der Waals surface area contributed by atoms with Crippen molar-refractivity contribution in [3.05, 3.63) is 82.9 Å². The Labute approximate surface area is 303 Å².